The number of sulfonamides is 1. The Balaban J connectivity index is 2.15. The minimum Gasteiger partial charge on any atom is -0.465 e. The van der Waals surface area contributed by atoms with Crippen LogP contribution in [0.5, 0.6) is 0 Å². The van der Waals surface area contributed by atoms with E-state index in [-0.39, 0.29) is 9.77 Å². The monoisotopic (exact) mass is 345 g/mol. The summed E-state index contributed by atoms with van der Waals surface area (Å²) in [7, 11) is -2.49. The van der Waals surface area contributed by atoms with Crippen molar-refractivity contribution in [2.75, 3.05) is 13.7 Å². The van der Waals surface area contributed by atoms with Gasteiger partial charge in [-0.25, -0.2) is 17.9 Å². The van der Waals surface area contributed by atoms with E-state index < -0.39 is 16.0 Å². The standard InChI is InChI=1S/C13H15NO4S3/c1-9-8-20-11(13(15)18-2)12(9)21(16,17)14-6-5-10-4-3-7-19-10/h3-4,7-8,14H,5-6H2,1-2H3. The summed E-state index contributed by atoms with van der Waals surface area (Å²) in [6, 6.07) is 3.88. The van der Waals surface area contributed by atoms with Gasteiger partial charge in [-0.3, -0.25) is 0 Å². The molecule has 0 aliphatic carbocycles. The fourth-order valence-corrected chi connectivity index (χ4v) is 5.28. The molecule has 0 saturated heterocycles. The predicted molar refractivity (Wildman–Crippen MR) is 83.6 cm³/mol. The van der Waals surface area contributed by atoms with Crippen LogP contribution in [0.4, 0.5) is 0 Å². The molecule has 2 heterocycles. The van der Waals surface area contributed by atoms with Gasteiger partial charge < -0.3 is 4.74 Å². The second-order valence-electron chi connectivity index (χ2n) is 4.30. The second kappa shape index (κ2) is 6.69. The zero-order chi connectivity index (χ0) is 15.5. The summed E-state index contributed by atoms with van der Waals surface area (Å²) in [5.41, 5.74) is 0.545. The van der Waals surface area contributed by atoms with Crippen LogP contribution in [0.25, 0.3) is 0 Å². The van der Waals surface area contributed by atoms with Crippen LogP contribution in [0, 0.1) is 6.92 Å². The van der Waals surface area contributed by atoms with Gasteiger partial charge in [0.25, 0.3) is 0 Å². The molecular weight excluding hydrogens is 330 g/mol. The van der Waals surface area contributed by atoms with Crippen molar-refractivity contribution in [2.45, 2.75) is 18.2 Å². The van der Waals surface area contributed by atoms with Crippen molar-refractivity contribution >= 4 is 38.7 Å². The van der Waals surface area contributed by atoms with E-state index in [1.165, 1.54) is 7.11 Å². The molecule has 21 heavy (non-hydrogen) atoms. The molecule has 0 spiro atoms. The molecule has 8 heteroatoms. The van der Waals surface area contributed by atoms with Gasteiger partial charge in [0.1, 0.15) is 9.77 Å². The molecule has 2 aromatic rings. The minimum absolute atomic E-state index is 0.0190. The molecule has 0 radical (unpaired) electrons. The van der Waals surface area contributed by atoms with E-state index in [4.69, 9.17) is 0 Å². The third kappa shape index (κ3) is 3.70. The molecule has 0 unspecified atom stereocenters. The van der Waals surface area contributed by atoms with Crippen LogP contribution >= 0.6 is 22.7 Å². The summed E-state index contributed by atoms with van der Waals surface area (Å²) in [5.74, 6) is -0.633. The van der Waals surface area contributed by atoms with Crippen molar-refractivity contribution < 1.29 is 17.9 Å². The van der Waals surface area contributed by atoms with Gasteiger partial charge in [0.05, 0.1) is 7.11 Å². The molecule has 2 aromatic heterocycles. The summed E-state index contributed by atoms with van der Waals surface area (Å²) < 4.78 is 31.9. The first-order valence-electron chi connectivity index (χ1n) is 6.14. The number of carbonyl (C=O) groups excluding carboxylic acids is 1. The molecular formula is C13H15NO4S3. The van der Waals surface area contributed by atoms with E-state index in [1.54, 1.807) is 23.6 Å². The van der Waals surface area contributed by atoms with E-state index in [9.17, 15) is 13.2 Å². The van der Waals surface area contributed by atoms with E-state index in [2.05, 4.69) is 9.46 Å². The highest BCUT2D eigenvalue weighted by atomic mass is 32.2. The maximum Gasteiger partial charge on any atom is 0.349 e. The first kappa shape index (κ1) is 16.2. The summed E-state index contributed by atoms with van der Waals surface area (Å²) in [4.78, 5) is 12.9. The highest BCUT2D eigenvalue weighted by molar-refractivity contribution is 7.89. The van der Waals surface area contributed by atoms with Gasteiger partial charge in [0.15, 0.2) is 0 Å². The second-order valence-corrected chi connectivity index (χ2v) is 7.91. The lowest BCUT2D eigenvalue weighted by atomic mass is 10.3. The number of methoxy groups -OCH3 is 1. The lowest BCUT2D eigenvalue weighted by Gasteiger charge is -2.08. The summed E-state index contributed by atoms with van der Waals surface area (Å²) >= 11 is 2.65. The third-order valence-corrected chi connectivity index (χ3v) is 6.59. The van der Waals surface area contributed by atoms with Gasteiger partial charge in [0.2, 0.25) is 10.0 Å². The Morgan fingerprint density at radius 2 is 2.14 bits per heavy atom. The molecule has 1 N–H and O–H groups in total. The largest absolute Gasteiger partial charge is 0.465 e. The lowest BCUT2D eigenvalue weighted by molar-refractivity contribution is 0.0602. The molecule has 0 amide bonds. The van der Waals surface area contributed by atoms with Crippen molar-refractivity contribution in [1.82, 2.24) is 4.72 Å². The molecule has 0 aromatic carbocycles. The molecule has 0 bridgehead atoms. The molecule has 0 atom stereocenters. The zero-order valence-electron chi connectivity index (χ0n) is 11.6. The molecule has 0 aliphatic rings. The number of ether oxygens (including phenoxy) is 1. The number of rotatable bonds is 6. The molecule has 5 nitrogen and oxygen atoms in total. The molecule has 0 fully saturated rings. The van der Waals surface area contributed by atoms with Crippen LogP contribution in [0.1, 0.15) is 20.1 Å². The smallest absolute Gasteiger partial charge is 0.349 e. The first-order chi connectivity index (χ1) is 9.95. The number of hydrogen-bond acceptors (Lipinski definition) is 6. The Hall–Kier alpha value is -1.22. The van der Waals surface area contributed by atoms with Crippen molar-refractivity contribution in [3.05, 3.63) is 38.2 Å². The zero-order valence-corrected chi connectivity index (χ0v) is 14.0. The van der Waals surface area contributed by atoms with Gasteiger partial charge in [-0.1, -0.05) is 6.07 Å². The Morgan fingerprint density at radius 3 is 2.76 bits per heavy atom. The van der Waals surface area contributed by atoms with Crippen LogP contribution in [0.3, 0.4) is 0 Å². The van der Waals surface area contributed by atoms with E-state index in [1.807, 2.05) is 17.5 Å². The van der Waals surface area contributed by atoms with E-state index in [0.717, 1.165) is 16.2 Å². The van der Waals surface area contributed by atoms with Crippen molar-refractivity contribution in [2.24, 2.45) is 0 Å². The van der Waals surface area contributed by atoms with Crippen LogP contribution in [-0.4, -0.2) is 28.0 Å². The number of thiophene rings is 2. The van der Waals surface area contributed by atoms with Crippen LogP contribution in [-0.2, 0) is 21.2 Å². The number of carbonyl (C=O) groups is 1. The third-order valence-electron chi connectivity index (χ3n) is 2.80. The number of aryl methyl sites for hydroxylation is 1. The fraction of sp³-hybridized carbons (Fsp3) is 0.308. The molecule has 0 aliphatic heterocycles. The van der Waals surface area contributed by atoms with Crippen LogP contribution < -0.4 is 4.72 Å². The van der Waals surface area contributed by atoms with Crippen LogP contribution in [0.15, 0.2) is 27.8 Å². The molecule has 2 rings (SSSR count). The van der Waals surface area contributed by atoms with Gasteiger partial charge in [-0.05, 0) is 35.7 Å². The van der Waals surface area contributed by atoms with Gasteiger partial charge in [-0.15, -0.1) is 22.7 Å². The Kier molecular flexibility index (Phi) is 5.15. The van der Waals surface area contributed by atoms with Crippen molar-refractivity contribution in [1.29, 1.82) is 0 Å². The van der Waals surface area contributed by atoms with E-state index in [0.29, 0.717) is 18.5 Å². The Labute approximate surface area is 131 Å². The molecule has 114 valence electrons. The quantitative estimate of drug-likeness (QED) is 0.816. The van der Waals surface area contributed by atoms with Crippen molar-refractivity contribution in [3.8, 4) is 0 Å². The maximum absolute atomic E-state index is 12.4. The maximum atomic E-state index is 12.4. The predicted octanol–water partition coefficient (Wildman–Crippen LogP) is 2.43. The number of nitrogens with one attached hydrogen (secondary N) is 1. The Morgan fingerprint density at radius 1 is 1.38 bits per heavy atom. The lowest BCUT2D eigenvalue weighted by Crippen LogP contribution is -2.27. The number of esters is 1. The topological polar surface area (TPSA) is 72.5 Å². The summed E-state index contributed by atoms with van der Waals surface area (Å²) in [6.07, 6.45) is 0.619. The average Bonchev–Trinajstić information content (AvgIpc) is 3.07. The minimum atomic E-state index is -3.72. The van der Waals surface area contributed by atoms with Gasteiger partial charge >= 0.3 is 5.97 Å². The molecule has 0 saturated carbocycles. The van der Waals surface area contributed by atoms with E-state index >= 15 is 0 Å². The van der Waals surface area contributed by atoms with Crippen molar-refractivity contribution in [3.63, 3.8) is 0 Å². The van der Waals surface area contributed by atoms with Crippen LogP contribution in [0.2, 0.25) is 0 Å². The first-order valence-corrected chi connectivity index (χ1v) is 9.38. The highest BCUT2D eigenvalue weighted by Crippen LogP contribution is 2.27. The number of hydrogen-bond donors (Lipinski definition) is 1. The van der Waals surface area contributed by atoms with Gasteiger partial charge in [-0.2, -0.15) is 0 Å². The fourth-order valence-electron chi connectivity index (χ4n) is 1.84. The van der Waals surface area contributed by atoms with Gasteiger partial charge in [0, 0.05) is 11.4 Å². The normalized spacial score (nSPS) is 11.5. The average molecular weight is 345 g/mol. The Bertz CT molecular complexity index is 717. The SMILES string of the molecule is COC(=O)c1scc(C)c1S(=O)(=O)NCCc1cccs1. The highest BCUT2D eigenvalue weighted by Gasteiger charge is 2.27. The summed E-state index contributed by atoms with van der Waals surface area (Å²) in [6.45, 7) is 1.95. The summed E-state index contributed by atoms with van der Waals surface area (Å²) in [5, 5.41) is 3.59.